The average molecular weight is 551 g/mol. The van der Waals surface area contributed by atoms with E-state index in [1.165, 1.54) is 0 Å². The highest BCUT2D eigenvalue weighted by atomic mass is 31.2. The fourth-order valence-electron chi connectivity index (χ4n) is 5.42. The molecule has 2 atom stereocenters. The highest BCUT2D eigenvalue weighted by Gasteiger charge is 2.35. The molecule has 0 aromatic heterocycles. The van der Waals surface area contributed by atoms with Gasteiger partial charge in [0, 0.05) is 39.1 Å². The third kappa shape index (κ3) is 5.54. The van der Waals surface area contributed by atoms with Crippen molar-refractivity contribution in [2.45, 2.75) is 37.8 Å². The molecular weight excluding hydrogens is 519 g/mol. The number of carbonyl (C=O) groups excluding carboxylic acids is 3. The molecule has 202 valence electrons. The summed E-state index contributed by atoms with van der Waals surface area (Å²) in [4.78, 5) is 38.4. The van der Waals surface area contributed by atoms with E-state index in [4.69, 9.17) is 0 Å². The van der Waals surface area contributed by atoms with Crippen LogP contribution >= 0.6 is 7.14 Å². The zero-order valence-corrected chi connectivity index (χ0v) is 22.9. The summed E-state index contributed by atoms with van der Waals surface area (Å²) in [6.07, 6.45) is 3.90. The molecule has 40 heavy (non-hydrogen) atoms. The van der Waals surface area contributed by atoms with Crippen LogP contribution in [0.3, 0.4) is 0 Å². The number of amides is 2. The van der Waals surface area contributed by atoms with Gasteiger partial charge >= 0.3 is 0 Å². The van der Waals surface area contributed by atoms with Crippen LogP contribution in [0.15, 0.2) is 109 Å². The topological polar surface area (TPSA) is 92.3 Å². The summed E-state index contributed by atoms with van der Waals surface area (Å²) in [6.45, 7) is 0. The first kappa shape index (κ1) is 27.3. The number of benzene rings is 4. The third-order valence-electron chi connectivity index (χ3n) is 7.46. The van der Waals surface area contributed by atoms with Gasteiger partial charge in [-0.05, 0) is 25.0 Å². The van der Waals surface area contributed by atoms with Crippen LogP contribution in [0.4, 0.5) is 0 Å². The first-order chi connectivity index (χ1) is 19.5. The molecule has 4 aromatic carbocycles. The lowest BCUT2D eigenvalue weighted by atomic mass is 9.89. The molecule has 1 aliphatic carbocycles. The Balaban J connectivity index is 1.45. The summed E-state index contributed by atoms with van der Waals surface area (Å²) < 4.78 is 15.0. The normalized spacial score (nSPS) is 17.0. The Labute approximate surface area is 234 Å². The van der Waals surface area contributed by atoms with Gasteiger partial charge in [-0.3, -0.25) is 14.4 Å². The van der Waals surface area contributed by atoms with Crippen LogP contribution in [-0.4, -0.2) is 30.2 Å². The van der Waals surface area contributed by atoms with Gasteiger partial charge in [-0.15, -0.1) is 0 Å². The van der Waals surface area contributed by atoms with Crippen molar-refractivity contribution < 1.29 is 18.9 Å². The van der Waals surface area contributed by atoms with Crippen LogP contribution in [0, 0.1) is 0 Å². The van der Waals surface area contributed by atoms with Crippen LogP contribution < -0.4 is 26.5 Å². The van der Waals surface area contributed by atoms with Gasteiger partial charge in [0.05, 0.1) is 5.56 Å². The number of carbonyl (C=O) groups is 3. The molecule has 1 saturated carbocycles. The number of nitrogens with one attached hydrogen (secondary N) is 2. The molecule has 0 radical (unpaired) electrons. The number of hydrogen-bond acceptors (Lipinski definition) is 4. The highest BCUT2D eigenvalue weighted by molar-refractivity contribution is 7.85. The molecule has 1 fully saturated rings. The van der Waals surface area contributed by atoms with Crippen LogP contribution in [0.5, 0.6) is 0 Å². The van der Waals surface area contributed by atoms with Gasteiger partial charge in [0.15, 0.2) is 13.4 Å². The Bertz CT molecular complexity index is 1510. The second kappa shape index (κ2) is 12.3. The summed E-state index contributed by atoms with van der Waals surface area (Å²) in [6, 6.07) is 31.6. The number of aldehydes is 1. The maximum Gasteiger partial charge on any atom is 0.252 e. The molecule has 0 bridgehead atoms. The minimum Gasteiger partial charge on any atom is -0.347 e. The van der Waals surface area contributed by atoms with E-state index in [1.807, 2.05) is 60.7 Å². The molecule has 0 spiro atoms. The fraction of sp³-hybridized carbons (Fsp3) is 0.182. The lowest BCUT2D eigenvalue weighted by molar-refractivity contribution is 0.0862. The van der Waals surface area contributed by atoms with Crippen molar-refractivity contribution in [2.75, 3.05) is 0 Å². The second-order valence-corrected chi connectivity index (χ2v) is 12.7. The smallest absolute Gasteiger partial charge is 0.252 e. The molecule has 7 heteroatoms. The molecular formula is C33H31N2O4P. The monoisotopic (exact) mass is 550 g/mol. The van der Waals surface area contributed by atoms with E-state index in [1.54, 1.807) is 48.5 Å². The average Bonchev–Trinajstić information content (AvgIpc) is 3.02. The van der Waals surface area contributed by atoms with Gasteiger partial charge < -0.3 is 15.2 Å². The first-order valence-electron chi connectivity index (χ1n) is 13.5. The standard InChI is InChI=1S/C33H31N2O4P/c36-23-24-13-7-8-18-27(24)32(37)34-29-20-10-11-21-30(29)35-33(38)28-19-9-12-22-31(28)40(39,25-14-3-1-4-15-25)26-16-5-2-6-17-26/h1-9,12-19,22-23,29-30H,10-11,20-21H2,(H,34,37)(H,35,38). The quantitative estimate of drug-likeness (QED) is 0.248. The van der Waals surface area contributed by atoms with E-state index in [0.717, 1.165) is 12.8 Å². The Hall–Kier alpha value is -4.28. The number of hydrogen-bond donors (Lipinski definition) is 2. The van der Waals surface area contributed by atoms with E-state index in [2.05, 4.69) is 10.6 Å². The molecule has 1 aliphatic rings. The summed E-state index contributed by atoms with van der Waals surface area (Å²) >= 11 is 0. The van der Waals surface area contributed by atoms with E-state index in [0.29, 0.717) is 51.7 Å². The van der Waals surface area contributed by atoms with Crippen LogP contribution in [0.1, 0.15) is 56.8 Å². The van der Waals surface area contributed by atoms with Crippen LogP contribution in [0.2, 0.25) is 0 Å². The van der Waals surface area contributed by atoms with Crippen LogP contribution in [-0.2, 0) is 4.57 Å². The van der Waals surface area contributed by atoms with Crippen molar-refractivity contribution in [3.05, 3.63) is 126 Å². The van der Waals surface area contributed by atoms with Crippen molar-refractivity contribution in [3.8, 4) is 0 Å². The molecule has 5 rings (SSSR count). The van der Waals surface area contributed by atoms with Crippen LogP contribution in [0.25, 0.3) is 0 Å². The zero-order chi connectivity index (χ0) is 28.0. The summed E-state index contributed by atoms with van der Waals surface area (Å²) in [7, 11) is -3.37. The molecule has 2 amide bonds. The van der Waals surface area contributed by atoms with Gasteiger partial charge in [-0.2, -0.15) is 0 Å². The molecule has 0 heterocycles. The zero-order valence-electron chi connectivity index (χ0n) is 22.0. The van der Waals surface area contributed by atoms with Gasteiger partial charge in [-0.25, -0.2) is 0 Å². The Morgan fingerprint density at radius 2 is 1.07 bits per heavy atom. The molecule has 0 saturated heterocycles. The lowest BCUT2D eigenvalue weighted by Gasteiger charge is -2.33. The van der Waals surface area contributed by atoms with Crippen molar-refractivity contribution in [1.82, 2.24) is 10.6 Å². The summed E-state index contributed by atoms with van der Waals surface area (Å²) in [5, 5.41) is 7.96. The highest BCUT2D eigenvalue weighted by Crippen LogP contribution is 2.43. The Morgan fingerprint density at radius 1 is 0.625 bits per heavy atom. The lowest BCUT2D eigenvalue weighted by Crippen LogP contribution is -2.53. The maximum absolute atomic E-state index is 15.0. The van der Waals surface area contributed by atoms with Crippen molar-refractivity contribution in [3.63, 3.8) is 0 Å². The van der Waals surface area contributed by atoms with Gasteiger partial charge in [0.25, 0.3) is 11.8 Å². The van der Waals surface area contributed by atoms with Gasteiger partial charge in [0.2, 0.25) is 0 Å². The minimum atomic E-state index is -3.37. The summed E-state index contributed by atoms with van der Waals surface area (Å²) in [5.74, 6) is -0.672. The van der Waals surface area contributed by atoms with Crippen molar-refractivity contribution >= 4 is 41.2 Å². The fourth-order valence-corrected chi connectivity index (χ4v) is 8.27. The largest absolute Gasteiger partial charge is 0.347 e. The SMILES string of the molecule is O=Cc1ccccc1C(=O)NC1CCCCC1NC(=O)c1ccccc1P(=O)(c1ccccc1)c1ccccc1. The Morgan fingerprint density at radius 3 is 1.62 bits per heavy atom. The molecule has 0 aliphatic heterocycles. The van der Waals surface area contributed by atoms with E-state index in [9.17, 15) is 18.9 Å². The second-order valence-electron chi connectivity index (χ2n) is 9.95. The predicted octanol–water partition coefficient (Wildman–Crippen LogP) is 4.61. The number of rotatable bonds is 8. The first-order valence-corrected chi connectivity index (χ1v) is 15.2. The van der Waals surface area contributed by atoms with Crippen molar-refractivity contribution in [1.29, 1.82) is 0 Å². The van der Waals surface area contributed by atoms with Gasteiger partial charge in [0.1, 0.15) is 0 Å². The predicted molar refractivity (Wildman–Crippen MR) is 159 cm³/mol. The summed E-state index contributed by atoms with van der Waals surface area (Å²) in [5.41, 5.74) is 0.980. The molecule has 4 aromatic rings. The third-order valence-corrected chi connectivity index (χ3v) is 10.6. The minimum absolute atomic E-state index is 0.299. The van der Waals surface area contributed by atoms with Gasteiger partial charge in [-0.1, -0.05) is 110 Å². The van der Waals surface area contributed by atoms with E-state index >= 15 is 0 Å². The Kier molecular flexibility index (Phi) is 8.37. The van der Waals surface area contributed by atoms with Crippen molar-refractivity contribution in [2.24, 2.45) is 0 Å². The molecule has 2 unspecified atom stereocenters. The maximum atomic E-state index is 15.0. The van der Waals surface area contributed by atoms with E-state index in [-0.39, 0.29) is 23.9 Å². The van der Waals surface area contributed by atoms with E-state index < -0.39 is 7.14 Å². The molecule has 6 nitrogen and oxygen atoms in total. The molecule has 2 N–H and O–H groups in total.